The van der Waals surface area contributed by atoms with Crippen molar-refractivity contribution in [3.63, 3.8) is 0 Å². The lowest BCUT2D eigenvalue weighted by Gasteiger charge is -2.21. The molecule has 0 amide bonds. The minimum atomic E-state index is 0.317. The molecule has 108 valence electrons. The van der Waals surface area contributed by atoms with E-state index in [0.717, 1.165) is 31.1 Å². The molecule has 1 unspecified atom stereocenters. The molecule has 1 fully saturated rings. The molecular formula is C14H27N5. The van der Waals surface area contributed by atoms with Crippen molar-refractivity contribution in [1.29, 1.82) is 0 Å². The van der Waals surface area contributed by atoms with Gasteiger partial charge in [-0.25, -0.2) is 4.98 Å². The first-order valence-corrected chi connectivity index (χ1v) is 7.66. The number of nitrogens with two attached hydrogens (primary N) is 1. The minimum absolute atomic E-state index is 0.317. The highest BCUT2D eigenvalue weighted by atomic mass is 15.3. The summed E-state index contributed by atoms with van der Waals surface area (Å²) in [6.45, 7) is 2.96. The highest BCUT2D eigenvalue weighted by molar-refractivity contribution is 4.90. The molecule has 5 nitrogen and oxygen atoms in total. The zero-order chi connectivity index (χ0) is 13.5. The summed E-state index contributed by atoms with van der Waals surface area (Å²) in [4.78, 5) is 4.34. The van der Waals surface area contributed by atoms with Crippen LogP contribution >= 0.6 is 0 Å². The van der Waals surface area contributed by atoms with E-state index in [4.69, 9.17) is 5.84 Å². The molecule has 1 aromatic rings. The maximum atomic E-state index is 5.73. The van der Waals surface area contributed by atoms with Crippen LogP contribution in [-0.4, -0.2) is 20.8 Å². The molecule has 0 aliphatic heterocycles. The standard InChI is InChI=1S/C14H27N5/c1-2-19-14(16-11-17-19)10-13(18-15)9-12-7-5-3-4-6-8-12/h11-13,18H,2-10,15H2,1H3. The van der Waals surface area contributed by atoms with Crippen molar-refractivity contribution in [2.24, 2.45) is 11.8 Å². The van der Waals surface area contributed by atoms with Gasteiger partial charge in [-0.15, -0.1) is 0 Å². The molecule has 1 aromatic heterocycles. The topological polar surface area (TPSA) is 68.8 Å². The zero-order valence-electron chi connectivity index (χ0n) is 12.0. The van der Waals surface area contributed by atoms with Crippen molar-refractivity contribution in [3.05, 3.63) is 12.2 Å². The molecule has 0 saturated heterocycles. The molecular weight excluding hydrogens is 238 g/mol. The Morgan fingerprint density at radius 2 is 2.11 bits per heavy atom. The van der Waals surface area contributed by atoms with Gasteiger partial charge in [0.2, 0.25) is 0 Å². The van der Waals surface area contributed by atoms with E-state index in [0.29, 0.717) is 6.04 Å². The Kier molecular flexibility index (Phi) is 5.79. The largest absolute Gasteiger partial charge is 0.271 e. The molecule has 0 spiro atoms. The first-order chi connectivity index (χ1) is 9.33. The molecule has 1 atom stereocenters. The Bertz CT molecular complexity index is 354. The van der Waals surface area contributed by atoms with Gasteiger partial charge in [-0.2, -0.15) is 5.10 Å². The van der Waals surface area contributed by atoms with Gasteiger partial charge >= 0.3 is 0 Å². The van der Waals surface area contributed by atoms with Gasteiger partial charge < -0.3 is 0 Å². The molecule has 1 aliphatic rings. The monoisotopic (exact) mass is 265 g/mol. The maximum Gasteiger partial charge on any atom is 0.138 e. The summed E-state index contributed by atoms with van der Waals surface area (Å²) in [5, 5.41) is 4.22. The van der Waals surface area contributed by atoms with Gasteiger partial charge in [0.25, 0.3) is 0 Å². The summed E-state index contributed by atoms with van der Waals surface area (Å²) in [6.07, 6.45) is 12.0. The van der Waals surface area contributed by atoms with Crippen LogP contribution < -0.4 is 11.3 Å². The average Bonchev–Trinajstić information content (AvgIpc) is 2.72. The summed E-state index contributed by atoms with van der Waals surface area (Å²) in [6, 6.07) is 0.317. The van der Waals surface area contributed by atoms with Gasteiger partial charge in [-0.3, -0.25) is 16.0 Å². The van der Waals surface area contributed by atoms with Gasteiger partial charge in [0, 0.05) is 19.0 Å². The fourth-order valence-electron chi connectivity index (χ4n) is 3.14. The molecule has 0 radical (unpaired) electrons. The predicted octanol–water partition coefficient (Wildman–Crippen LogP) is 2.03. The molecule has 0 aromatic carbocycles. The number of rotatable bonds is 6. The highest BCUT2D eigenvalue weighted by Gasteiger charge is 2.19. The summed E-state index contributed by atoms with van der Waals surface area (Å²) < 4.78 is 1.96. The third-order valence-corrected chi connectivity index (χ3v) is 4.25. The lowest BCUT2D eigenvalue weighted by Crippen LogP contribution is -2.39. The van der Waals surface area contributed by atoms with Crippen LogP contribution in [0.3, 0.4) is 0 Å². The molecule has 1 heterocycles. The van der Waals surface area contributed by atoms with E-state index in [9.17, 15) is 0 Å². The van der Waals surface area contributed by atoms with Gasteiger partial charge in [0.05, 0.1) is 0 Å². The van der Waals surface area contributed by atoms with Crippen LogP contribution in [-0.2, 0) is 13.0 Å². The van der Waals surface area contributed by atoms with E-state index in [-0.39, 0.29) is 0 Å². The van der Waals surface area contributed by atoms with E-state index in [1.165, 1.54) is 38.5 Å². The van der Waals surface area contributed by atoms with E-state index in [2.05, 4.69) is 22.4 Å². The highest BCUT2D eigenvalue weighted by Crippen LogP contribution is 2.26. The second-order valence-electron chi connectivity index (χ2n) is 5.65. The molecule has 3 N–H and O–H groups in total. The van der Waals surface area contributed by atoms with E-state index < -0.39 is 0 Å². The van der Waals surface area contributed by atoms with Crippen molar-refractivity contribution < 1.29 is 0 Å². The Balaban J connectivity index is 1.88. The molecule has 2 rings (SSSR count). The van der Waals surface area contributed by atoms with Crippen LogP contribution in [0.1, 0.15) is 57.7 Å². The lowest BCUT2D eigenvalue weighted by atomic mass is 9.91. The van der Waals surface area contributed by atoms with Crippen LogP contribution in [0, 0.1) is 5.92 Å². The van der Waals surface area contributed by atoms with Crippen LogP contribution in [0.4, 0.5) is 0 Å². The number of hydrogen-bond donors (Lipinski definition) is 2. The van der Waals surface area contributed by atoms with Crippen LogP contribution in [0.15, 0.2) is 6.33 Å². The van der Waals surface area contributed by atoms with Crippen molar-refractivity contribution in [2.75, 3.05) is 0 Å². The first-order valence-electron chi connectivity index (χ1n) is 7.66. The quantitative estimate of drug-likeness (QED) is 0.469. The summed E-state index contributed by atoms with van der Waals surface area (Å²) in [5.41, 5.74) is 2.98. The second-order valence-corrected chi connectivity index (χ2v) is 5.65. The second kappa shape index (κ2) is 7.60. The number of aromatic nitrogens is 3. The summed E-state index contributed by atoms with van der Waals surface area (Å²) >= 11 is 0. The van der Waals surface area contributed by atoms with E-state index in [1.54, 1.807) is 6.33 Å². The first kappa shape index (κ1) is 14.5. The van der Waals surface area contributed by atoms with Crippen LogP contribution in [0.5, 0.6) is 0 Å². The Morgan fingerprint density at radius 3 is 2.74 bits per heavy atom. The maximum absolute atomic E-state index is 5.73. The number of aryl methyl sites for hydroxylation is 1. The lowest BCUT2D eigenvalue weighted by molar-refractivity contribution is 0.346. The summed E-state index contributed by atoms with van der Waals surface area (Å²) in [7, 11) is 0. The fraction of sp³-hybridized carbons (Fsp3) is 0.857. The Morgan fingerprint density at radius 1 is 1.37 bits per heavy atom. The zero-order valence-corrected chi connectivity index (χ0v) is 12.0. The predicted molar refractivity (Wildman–Crippen MR) is 76.3 cm³/mol. The molecule has 19 heavy (non-hydrogen) atoms. The van der Waals surface area contributed by atoms with Gasteiger partial charge in [0.15, 0.2) is 0 Å². The van der Waals surface area contributed by atoms with Crippen molar-refractivity contribution >= 4 is 0 Å². The number of hydrazine groups is 1. The van der Waals surface area contributed by atoms with E-state index in [1.807, 2.05) is 4.68 Å². The van der Waals surface area contributed by atoms with Gasteiger partial charge in [0.1, 0.15) is 12.2 Å². The smallest absolute Gasteiger partial charge is 0.138 e. The number of nitrogens with one attached hydrogen (secondary N) is 1. The van der Waals surface area contributed by atoms with E-state index >= 15 is 0 Å². The van der Waals surface area contributed by atoms with Crippen molar-refractivity contribution in [2.45, 2.75) is 70.9 Å². The third kappa shape index (κ3) is 4.28. The summed E-state index contributed by atoms with van der Waals surface area (Å²) in [5.74, 6) is 7.59. The molecule has 0 bridgehead atoms. The third-order valence-electron chi connectivity index (χ3n) is 4.25. The fourth-order valence-corrected chi connectivity index (χ4v) is 3.14. The van der Waals surface area contributed by atoms with Gasteiger partial charge in [-0.1, -0.05) is 38.5 Å². The Hall–Kier alpha value is -0.940. The average molecular weight is 265 g/mol. The van der Waals surface area contributed by atoms with Crippen LogP contribution in [0.2, 0.25) is 0 Å². The minimum Gasteiger partial charge on any atom is -0.271 e. The number of nitrogens with zero attached hydrogens (tertiary/aromatic N) is 3. The number of hydrogen-bond acceptors (Lipinski definition) is 4. The van der Waals surface area contributed by atoms with Crippen LogP contribution in [0.25, 0.3) is 0 Å². The van der Waals surface area contributed by atoms with Crippen molar-refractivity contribution in [3.8, 4) is 0 Å². The Labute approximate surface area is 115 Å². The van der Waals surface area contributed by atoms with Crippen molar-refractivity contribution in [1.82, 2.24) is 20.2 Å². The molecule has 5 heteroatoms. The molecule has 1 saturated carbocycles. The van der Waals surface area contributed by atoms with Gasteiger partial charge in [-0.05, 0) is 19.3 Å². The molecule has 1 aliphatic carbocycles. The SMILES string of the molecule is CCn1ncnc1CC(CC1CCCCCC1)NN. The normalized spacial score (nSPS) is 19.3.